The maximum atomic E-state index is 12.0. The van der Waals surface area contributed by atoms with Crippen molar-refractivity contribution in [2.75, 3.05) is 18.9 Å². The lowest BCUT2D eigenvalue weighted by Gasteiger charge is -2.15. The summed E-state index contributed by atoms with van der Waals surface area (Å²) in [5.74, 6) is 0.835. The molecule has 0 saturated carbocycles. The maximum absolute atomic E-state index is 12.0. The van der Waals surface area contributed by atoms with Crippen molar-refractivity contribution in [2.45, 2.75) is 31.8 Å². The average molecular weight is 307 g/mol. The van der Waals surface area contributed by atoms with E-state index >= 15 is 0 Å². The van der Waals surface area contributed by atoms with Crippen LogP contribution in [0, 0.1) is 0 Å². The van der Waals surface area contributed by atoms with Gasteiger partial charge in [-0.2, -0.15) is 13.2 Å². The second kappa shape index (κ2) is 8.42. The highest BCUT2D eigenvalue weighted by molar-refractivity contribution is 8.00. The van der Waals surface area contributed by atoms with Crippen molar-refractivity contribution in [1.82, 2.24) is 5.32 Å². The van der Waals surface area contributed by atoms with E-state index in [0.717, 1.165) is 17.7 Å². The molecule has 1 aromatic rings. The van der Waals surface area contributed by atoms with Gasteiger partial charge in [-0.05, 0) is 42.8 Å². The zero-order valence-corrected chi connectivity index (χ0v) is 12.5. The van der Waals surface area contributed by atoms with Crippen LogP contribution in [0.1, 0.15) is 31.9 Å². The number of hydrogen-bond acceptors (Lipinski definition) is 3. The Kier molecular flexibility index (Phi) is 7.23. The van der Waals surface area contributed by atoms with Gasteiger partial charge in [-0.15, -0.1) is 0 Å². The SMILES string of the molecule is CCCOc1ccc(C(C)NCCSC(F)(F)F)cc1. The Hall–Kier alpha value is -0.880. The average Bonchev–Trinajstić information content (AvgIpc) is 2.40. The van der Waals surface area contributed by atoms with Crippen molar-refractivity contribution in [2.24, 2.45) is 0 Å². The minimum absolute atomic E-state index is 0.000222. The van der Waals surface area contributed by atoms with E-state index < -0.39 is 5.51 Å². The summed E-state index contributed by atoms with van der Waals surface area (Å²) in [6.45, 7) is 4.97. The fraction of sp³-hybridized carbons (Fsp3) is 0.571. The van der Waals surface area contributed by atoms with Gasteiger partial charge in [0.05, 0.1) is 6.61 Å². The molecule has 0 fully saturated rings. The number of halogens is 3. The van der Waals surface area contributed by atoms with E-state index in [1.54, 1.807) is 0 Å². The molecule has 0 amide bonds. The molecule has 0 aliphatic carbocycles. The fourth-order valence-corrected chi connectivity index (χ4v) is 2.08. The largest absolute Gasteiger partial charge is 0.494 e. The quantitative estimate of drug-likeness (QED) is 0.720. The van der Waals surface area contributed by atoms with Crippen molar-refractivity contribution in [3.8, 4) is 5.75 Å². The highest BCUT2D eigenvalue weighted by Crippen LogP contribution is 2.29. The van der Waals surface area contributed by atoms with Crippen LogP contribution in [0.5, 0.6) is 5.75 Å². The van der Waals surface area contributed by atoms with E-state index in [1.165, 1.54) is 0 Å². The highest BCUT2D eigenvalue weighted by Gasteiger charge is 2.27. The number of benzene rings is 1. The molecule has 1 atom stereocenters. The molecular formula is C14H20F3NOS. The summed E-state index contributed by atoms with van der Waals surface area (Å²) in [4.78, 5) is 0. The Labute approximate surface area is 122 Å². The molecule has 0 aliphatic heterocycles. The molecule has 0 aromatic heterocycles. The van der Waals surface area contributed by atoms with Gasteiger partial charge in [0.15, 0.2) is 0 Å². The Morgan fingerprint density at radius 3 is 2.45 bits per heavy atom. The number of nitrogens with one attached hydrogen (secondary N) is 1. The van der Waals surface area contributed by atoms with Crippen LogP contribution in [0.15, 0.2) is 24.3 Å². The third kappa shape index (κ3) is 7.05. The molecule has 0 aliphatic rings. The first-order chi connectivity index (χ1) is 9.42. The molecule has 1 rings (SSSR count). The monoisotopic (exact) mass is 307 g/mol. The van der Waals surface area contributed by atoms with Crippen LogP contribution >= 0.6 is 11.8 Å². The normalized spacial score (nSPS) is 13.2. The highest BCUT2D eigenvalue weighted by atomic mass is 32.2. The minimum Gasteiger partial charge on any atom is -0.494 e. The summed E-state index contributed by atoms with van der Waals surface area (Å²) in [6.07, 6.45) is 0.955. The van der Waals surface area contributed by atoms with E-state index in [1.807, 2.05) is 38.1 Å². The van der Waals surface area contributed by atoms with Crippen LogP contribution in [-0.2, 0) is 0 Å². The van der Waals surface area contributed by atoms with E-state index in [2.05, 4.69) is 5.32 Å². The van der Waals surface area contributed by atoms with Gasteiger partial charge in [0, 0.05) is 18.3 Å². The first-order valence-corrected chi connectivity index (χ1v) is 7.57. The van der Waals surface area contributed by atoms with Gasteiger partial charge in [0.2, 0.25) is 0 Å². The van der Waals surface area contributed by atoms with Crippen LogP contribution in [0.3, 0.4) is 0 Å². The van der Waals surface area contributed by atoms with Crippen LogP contribution in [0.2, 0.25) is 0 Å². The summed E-state index contributed by atoms with van der Waals surface area (Å²) in [5, 5.41) is 3.07. The van der Waals surface area contributed by atoms with Crippen molar-refractivity contribution in [3.05, 3.63) is 29.8 Å². The number of rotatable bonds is 8. The molecule has 6 heteroatoms. The Morgan fingerprint density at radius 1 is 1.25 bits per heavy atom. The van der Waals surface area contributed by atoms with Crippen molar-refractivity contribution < 1.29 is 17.9 Å². The van der Waals surface area contributed by atoms with Gasteiger partial charge in [0.25, 0.3) is 0 Å². The lowest BCUT2D eigenvalue weighted by molar-refractivity contribution is -0.0327. The van der Waals surface area contributed by atoms with Crippen molar-refractivity contribution in [3.63, 3.8) is 0 Å². The molecule has 0 bridgehead atoms. The van der Waals surface area contributed by atoms with E-state index in [4.69, 9.17) is 4.74 Å². The number of ether oxygens (including phenoxy) is 1. The van der Waals surface area contributed by atoms with Crippen LogP contribution in [0.25, 0.3) is 0 Å². The van der Waals surface area contributed by atoms with Crippen molar-refractivity contribution in [1.29, 1.82) is 0 Å². The van der Waals surface area contributed by atoms with E-state index in [9.17, 15) is 13.2 Å². The molecule has 2 nitrogen and oxygen atoms in total. The van der Waals surface area contributed by atoms with E-state index in [0.29, 0.717) is 13.2 Å². The minimum atomic E-state index is -4.15. The third-order valence-electron chi connectivity index (χ3n) is 2.67. The molecule has 1 N–H and O–H groups in total. The summed E-state index contributed by atoms with van der Waals surface area (Å²) < 4.78 is 41.4. The van der Waals surface area contributed by atoms with Gasteiger partial charge in [0.1, 0.15) is 5.75 Å². The van der Waals surface area contributed by atoms with Gasteiger partial charge in [-0.1, -0.05) is 19.1 Å². The Balaban J connectivity index is 2.34. The molecule has 1 aromatic carbocycles. The van der Waals surface area contributed by atoms with E-state index in [-0.39, 0.29) is 23.6 Å². The zero-order valence-electron chi connectivity index (χ0n) is 11.7. The number of thioether (sulfide) groups is 1. The Morgan fingerprint density at radius 2 is 1.90 bits per heavy atom. The molecule has 0 saturated heterocycles. The summed E-state index contributed by atoms with van der Waals surface area (Å²) >= 11 is -0.000222. The summed E-state index contributed by atoms with van der Waals surface area (Å²) in [5.41, 5.74) is -3.12. The topological polar surface area (TPSA) is 21.3 Å². The van der Waals surface area contributed by atoms with Crippen LogP contribution in [0.4, 0.5) is 13.2 Å². The fourth-order valence-electron chi connectivity index (χ4n) is 1.63. The van der Waals surface area contributed by atoms with Crippen molar-refractivity contribution >= 4 is 11.8 Å². The van der Waals surface area contributed by atoms with Gasteiger partial charge < -0.3 is 10.1 Å². The maximum Gasteiger partial charge on any atom is 0.441 e. The zero-order chi connectivity index (χ0) is 15.0. The standard InChI is InChI=1S/C14H20F3NOS/c1-3-9-19-13-6-4-12(5-7-13)11(2)18-8-10-20-14(15,16)17/h4-7,11,18H,3,8-10H2,1-2H3. The molecule has 1 unspecified atom stereocenters. The first-order valence-electron chi connectivity index (χ1n) is 6.59. The lowest BCUT2D eigenvalue weighted by Crippen LogP contribution is -2.22. The molecule has 0 radical (unpaired) electrons. The predicted molar refractivity (Wildman–Crippen MR) is 77.2 cm³/mol. The van der Waals surface area contributed by atoms with Crippen LogP contribution in [-0.4, -0.2) is 24.4 Å². The Bertz CT molecular complexity index is 381. The van der Waals surface area contributed by atoms with Gasteiger partial charge >= 0.3 is 5.51 Å². The summed E-state index contributed by atoms with van der Waals surface area (Å²) in [6, 6.07) is 7.64. The number of alkyl halides is 3. The molecule has 114 valence electrons. The lowest BCUT2D eigenvalue weighted by atomic mass is 10.1. The second-order valence-corrected chi connectivity index (χ2v) is 5.55. The predicted octanol–water partition coefficient (Wildman–Crippen LogP) is 4.38. The number of hydrogen-bond donors (Lipinski definition) is 1. The molecule has 0 heterocycles. The smallest absolute Gasteiger partial charge is 0.441 e. The second-order valence-electron chi connectivity index (χ2n) is 4.39. The molecular weight excluding hydrogens is 287 g/mol. The third-order valence-corrected chi connectivity index (χ3v) is 3.41. The molecule has 20 heavy (non-hydrogen) atoms. The summed E-state index contributed by atoms with van der Waals surface area (Å²) in [7, 11) is 0. The molecule has 0 spiro atoms. The van der Waals surface area contributed by atoms with Crippen LogP contribution < -0.4 is 10.1 Å². The van der Waals surface area contributed by atoms with Gasteiger partial charge in [-0.3, -0.25) is 0 Å². The first kappa shape index (κ1) is 17.2. The van der Waals surface area contributed by atoms with Gasteiger partial charge in [-0.25, -0.2) is 0 Å².